The van der Waals surface area contributed by atoms with Crippen molar-refractivity contribution in [2.45, 2.75) is 168 Å². The molecule has 0 unspecified atom stereocenters. The van der Waals surface area contributed by atoms with Gasteiger partial charge in [0.1, 0.15) is 30.3 Å². The molecule has 3 aliphatic heterocycles. The number of carbonyl (C=O) groups excluding carboxylic acids is 6. The van der Waals surface area contributed by atoms with Gasteiger partial charge in [0.25, 0.3) is 17.5 Å². The highest BCUT2D eigenvalue weighted by Gasteiger charge is 2.53. The fourth-order valence-electron chi connectivity index (χ4n) is 9.57. The number of thiazole rings is 1. The maximum absolute atomic E-state index is 14.6. The minimum atomic E-state index is -1.56. The summed E-state index contributed by atoms with van der Waals surface area (Å²) in [6.45, 7) is 12.7. The molecule has 3 aromatic rings. The number of aliphatic hydroxyl groups is 1. The van der Waals surface area contributed by atoms with Crippen molar-refractivity contribution in [2.75, 3.05) is 11.9 Å². The van der Waals surface area contributed by atoms with Gasteiger partial charge in [-0.2, -0.15) is 0 Å². The van der Waals surface area contributed by atoms with Crippen LogP contribution >= 0.6 is 11.3 Å². The standard InChI is InChI=1S/C53H68N4O13S/c1-7-17-37-49(62)33(2)18-16-26-53(6)44(70-53)30-41(36-21-23-42-39(29-36)54-34(3)71-42)68-48(61)31-43(52(4,5)50(37)63)69-51(64)67-32-35-20-22-38(40(28-35)57(65)66)55-45(58)19-14-12-10-8-9-11-13-15-27-56-46(59)24-25-47(56)60/h7,20-25,28-29,33,37,41,43-44,49,62H,1,8-19,26-27,30-32H2,2-6H3,(H,55,58)/t33-,37+,41-,43-,44-,49-,53+/m0/s1. The van der Waals surface area contributed by atoms with Crippen LogP contribution in [0, 0.1) is 34.3 Å². The van der Waals surface area contributed by atoms with Gasteiger partial charge in [0.15, 0.2) is 0 Å². The number of anilines is 1. The van der Waals surface area contributed by atoms with Gasteiger partial charge in [-0.15, -0.1) is 17.9 Å². The number of rotatable bonds is 19. The molecule has 2 saturated heterocycles. The van der Waals surface area contributed by atoms with Crippen LogP contribution in [-0.2, 0) is 49.5 Å². The molecular weight excluding hydrogens is 933 g/mol. The number of cyclic esters (lactones) is 1. The Labute approximate surface area is 418 Å². The average Bonchev–Trinajstić information content (AvgIpc) is 3.60. The lowest BCUT2D eigenvalue weighted by molar-refractivity contribution is -0.384. The smallest absolute Gasteiger partial charge is 0.457 e. The predicted molar refractivity (Wildman–Crippen MR) is 266 cm³/mol. The summed E-state index contributed by atoms with van der Waals surface area (Å²) in [5.41, 5.74) is -0.778. The van der Waals surface area contributed by atoms with Gasteiger partial charge < -0.3 is 29.4 Å². The van der Waals surface area contributed by atoms with Gasteiger partial charge in [-0.25, -0.2) is 9.78 Å². The molecule has 0 bridgehead atoms. The molecule has 3 aliphatic rings. The first-order valence-electron chi connectivity index (χ1n) is 24.8. The quantitative estimate of drug-likeness (QED) is 0.0216. The number of fused-ring (bicyclic) bond motifs is 2. The maximum atomic E-state index is 14.6. The number of imide groups is 1. The Kier molecular flexibility index (Phi) is 18.8. The van der Waals surface area contributed by atoms with Crippen molar-refractivity contribution >= 4 is 68.6 Å². The van der Waals surface area contributed by atoms with Crippen molar-refractivity contribution in [3.63, 3.8) is 0 Å². The van der Waals surface area contributed by atoms with Crippen molar-refractivity contribution in [1.82, 2.24) is 9.88 Å². The molecule has 2 fully saturated rings. The van der Waals surface area contributed by atoms with E-state index >= 15 is 0 Å². The van der Waals surface area contributed by atoms with Gasteiger partial charge in [-0.3, -0.25) is 39.0 Å². The summed E-state index contributed by atoms with van der Waals surface area (Å²) in [6.07, 6.45) is 8.41. The molecule has 17 nitrogen and oxygen atoms in total. The van der Waals surface area contributed by atoms with E-state index in [4.69, 9.17) is 18.9 Å². The van der Waals surface area contributed by atoms with Crippen LogP contribution in [0.3, 0.4) is 0 Å². The van der Waals surface area contributed by atoms with Crippen molar-refractivity contribution in [3.05, 3.63) is 87.5 Å². The molecule has 4 heterocycles. The number of epoxide rings is 1. The highest BCUT2D eigenvalue weighted by Crippen LogP contribution is 2.47. The van der Waals surface area contributed by atoms with Gasteiger partial charge in [0, 0.05) is 43.5 Å². The SMILES string of the molecule is C=CC[C@H]1C(=O)C(C)(C)[C@@H](OC(=O)OCc2ccc(NC(=O)CCCCCCCCCCN3C(=O)C=CC3=O)c([N+](=O)[O-])c2)CC(=O)O[C@H](c2ccc3sc(C)nc3c2)C[C@@H]2O[C@]2(C)CCC[C@H](C)[C@@H]1O. The predicted octanol–water partition coefficient (Wildman–Crippen LogP) is 10.1. The Morgan fingerprint density at radius 1 is 1.01 bits per heavy atom. The van der Waals surface area contributed by atoms with Crippen LogP contribution in [0.1, 0.15) is 146 Å². The monoisotopic (exact) mass is 1000 g/mol. The Morgan fingerprint density at radius 3 is 2.39 bits per heavy atom. The number of ether oxygens (including phenoxy) is 4. The number of aliphatic hydroxyl groups excluding tert-OH is 1. The Hall–Kier alpha value is -5.85. The lowest BCUT2D eigenvalue weighted by Gasteiger charge is -2.37. The zero-order valence-corrected chi connectivity index (χ0v) is 42.3. The minimum absolute atomic E-state index is 0.0207. The zero-order chi connectivity index (χ0) is 51.5. The number of allylic oxidation sites excluding steroid dienone is 1. The Morgan fingerprint density at radius 2 is 1.70 bits per heavy atom. The van der Waals surface area contributed by atoms with E-state index in [2.05, 4.69) is 16.9 Å². The number of unbranched alkanes of at least 4 members (excludes halogenated alkanes) is 7. The van der Waals surface area contributed by atoms with Crippen molar-refractivity contribution in [1.29, 1.82) is 0 Å². The molecule has 0 spiro atoms. The van der Waals surface area contributed by atoms with Crippen LogP contribution in [0.25, 0.3) is 10.2 Å². The molecule has 18 heteroatoms. The van der Waals surface area contributed by atoms with Crippen molar-refractivity contribution in [2.24, 2.45) is 17.3 Å². The lowest BCUT2D eigenvalue weighted by Crippen LogP contribution is -2.48. The minimum Gasteiger partial charge on any atom is -0.457 e. The molecule has 1 aromatic heterocycles. The van der Waals surface area contributed by atoms with Crippen LogP contribution in [0.5, 0.6) is 0 Å². The molecule has 0 radical (unpaired) electrons. The number of ketones is 1. The number of benzene rings is 2. The van der Waals surface area contributed by atoms with Crippen molar-refractivity contribution < 1.29 is 57.7 Å². The molecule has 2 aromatic carbocycles. The first kappa shape index (κ1) is 54.5. The lowest BCUT2D eigenvalue weighted by atomic mass is 9.71. The third-order valence-corrected chi connectivity index (χ3v) is 15.0. The molecule has 6 rings (SSSR count). The number of Topliss-reactive ketones (excluding diaryl/α,β-unsaturated/α-hetero) is 1. The zero-order valence-electron chi connectivity index (χ0n) is 41.5. The number of hydrogen-bond donors (Lipinski definition) is 2. The molecule has 7 atom stereocenters. The largest absolute Gasteiger partial charge is 0.508 e. The summed E-state index contributed by atoms with van der Waals surface area (Å²) in [4.78, 5) is 95.8. The second-order valence-electron chi connectivity index (χ2n) is 19.9. The van der Waals surface area contributed by atoms with Gasteiger partial charge in [0.05, 0.1) is 49.8 Å². The highest BCUT2D eigenvalue weighted by atomic mass is 32.1. The number of aromatic nitrogens is 1. The molecular formula is C53H68N4O13S. The summed E-state index contributed by atoms with van der Waals surface area (Å²) < 4.78 is 24.7. The molecule has 384 valence electrons. The van der Waals surface area contributed by atoms with Crippen LogP contribution in [0.15, 0.2) is 61.2 Å². The fraction of sp³-hybridized carbons (Fsp3) is 0.566. The van der Waals surface area contributed by atoms with Crippen LogP contribution < -0.4 is 5.32 Å². The van der Waals surface area contributed by atoms with Crippen LogP contribution in [-0.4, -0.2) is 86.0 Å². The summed E-state index contributed by atoms with van der Waals surface area (Å²) in [6, 6.07) is 9.73. The van der Waals surface area contributed by atoms with E-state index < -0.39 is 76.8 Å². The van der Waals surface area contributed by atoms with E-state index in [0.717, 1.165) is 66.6 Å². The molecule has 0 saturated carbocycles. The number of nitrogens with one attached hydrogen (secondary N) is 1. The van der Waals surface area contributed by atoms with Crippen molar-refractivity contribution in [3.8, 4) is 0 Å². The second-order valence-corrected chi connectivity index (χ2v) is 21.2. The van der Waals surface area contributed by atoms with Gasteiger partial charge in [-0.05, 0) is 95.0 Å². The molecule has 71 heavy (non-hydrogen) atoms. The Bertz CT molecular complexity index is 2470. The molecule has 3 amide bonds. The maximum Gasteiger partial charge on any atom is 0.508 e. The third-order valence-electron chi connectivity index (χ3n) is 14.1. The summed E-state index contributed by atoms with van der Waals surface area (Å²) in [7, 11) is 0. The first-order chi connectivity index (χ1) is 33.8. The Balaban J connectivity index is 1.07. The van der Waals surface area contributed by atoms with E-state index in [-0.39, 0.29) is 53.8 Å². The van der Waals surface area contributed by atoms with Crippen LogP contribution in [0.4, 0.5) is 16.2 Å². The fourth-order valence-corrected chi connectivity index (χ4v) is 10.4. The number of nitrogens with zero attached hydrogens (tertiary/aromatic N) is 3. The number of amides is 3. The number of esters is 1. The van der Waals surface area contributed by atoms with Crippen LogP contribution in [0.2, 0.25) is 0 Å². The second kappa shape index (κ2) is 24.5. The van der Waals surface area contributed by atoms with Gasteiger partial charge in [-0.1, -0.05) is 70.1 Å². The highest BCUT2D eigenvalue weighted by molar-refractivity contribution is 7.18. The van der Waals surface area contributed by atoms with Gasteiger partial charge >= 0.3 is 12.1 Å². The normalized spacial score (nSPS) is 24.8. The summed E-state index contributed by atoms with van der Waals surface area (Å²) >= 11 is 1.55. The average molecular weight is 1000 g/mol. The van der Waals surface area contributed by atoms with E-state index in [1.165, 1.54) is 35.3 Å². The number of carbonyl (C=O) groups is 6. The number of aryl methyl sites for hydroxylation is 1. The topological polar surface area (TPSA) is 234 Å². The first-order valence-corrected chi connectivity index (χ1v) is 25.6. The third kappa shape index (κ3) is 14.6. The molecule has 2 N–H and O–H groups in total. The number of nitro benzene ring substituents is 1. The molecule has 0 aliphatic carbocycles. The van der Waals surface area contributed by atoms with Gasteiger partial charge in [0.2, 0.25) is 5.91 Å². The van der Waals surface area contributed by atoms with E-state index in [1.54, 1.807) is 31.3 Å². The number of nitro groups is 1. The summed E-state index contributed by atoms with van der Waals surface area (Å²) in [5.74, 6) is -3.35. The summed E-state index contributed by atoms with van der Waals surface area (Å²) in [5, 5.41) is 27.3. The number of hydrogen-bond acceptors (Lipinski definition) is 15. The van der Waals surface area contributed by atoms with E-state index in [1.807, 2.05) is 39.0 Å². The van der Waals surface area contributed by atoms with E-state index in [9.17, 15) is 44.0 Å². The van der Waals surface area contributed by atoms with E-state index in [0.29, 0.717) is 37.8 Å².